The van der Waals surface area contributed by atoms with Crippen molar-refractivity contribution in [2.24, 2.45) is 11.8 Å². The molecule has 0 aliphatic carbocycles. The smallest absolute Gasteiger partial charge is 0.354 e. The number of alkyl halides is 3. The van der Waals surface area contributed by atoms with Crippen molar-refractivity contribution >= 4 is 29.1 Å². The van der Waals surface area contributed by atoms with Gasteiger partial charge in [0.05, 0.1) is 10.4 Å². The standard InChI is InChI=1S/C24H28F3N3O3S/c1-15(2)14-28-22(32)20(29-21(31)19-4-3-13-34-19)16-9-11-30(12-10-16)23(33)17-5-7-18(8-6-17)24(25,26)27/h3-8,13,15-16,20H,9-12,14H2,1-2H3,(H,28,32)(H,29,31)/t20-/m1/s1. The van der Waals surface area contributed by atoms with Gasteiger partial charge in [0.2, 0.25) is 5.91 Å². The first-order valence-corrected chi connectivity index (χ1v) is 12.0. The van der Waals surface area contributed by atoms with E-state index in [0.29, 0.717) is 37.4 Å². The van der Waals surface area contributed by atoms with Gasteiger partial charge in [-0.1, -0.05) is 19.9 Å². The summed E-state index contributed by atoms with van der Waals surface area (Å²) in [6.07, 6.45) is -3.49. The summed E-state index contributed by atoms with van der Waals surface area (Å²) in [5, 5.41) is 7.53. The molecule has 0 unspecified atom stereocenters. The van der Waals surface area contributed by atoms with E-state index in [1.807, 2.05) is 13.8 Å². The minimum absolute atomic E-state index is 0.173. The number of nitrogens with one attached hydrogen (secondary N) is 2. The number of hydrogen-bond acceptors (Lipinski definition) is 4. The van der Waals surface area contributed by atoms with Crippen molar-refractivity contribution in [1.29, 1.82) is 0 Å². The highest BCUT2D eigenvalue weighted by molar-refractivity contribution is 7.12. The highest BCUT2D eigenvalue weighted by Gasteiger charge is 2.35. The molecule has 184 valence electrons. The molecule has 0 spiro atoms. The van der Waals surface area contributed by atoms with Crippen molar-refractivity contribution in [3.05, 3.63) is 57.8 Å². The van der Waals surface area contributed by atoms with Crippen LogP contribution in [0.3, 0.4) is 0 Å². The van der Waals surface area contributed by atoms with Crippen LogP contribution < -0.4 is 10.6 Å². The van der Waals surface area contributed by atoms with E-state index in [-0.39, 0.29) is 35.1 Å². The molecule has 1 saturated heterocycles. The zero-order valence-electron chi connectivity index (χ0n) is 19.0. The molecule has 1 aromatic carbocycles. The van der Waals surface area contributed by atoms with Gasteiger partial charge in [-0.25, -0.2) is 0 Å². The number of likely N-dealkylation sites (tertiary alicyclic amines) is 1. The van der Waals surface area contributed by atoms with E-state index in [0.717, 1.165) is 12.1 Å². The first-order chi connectivity index (χ1) is 16.1. The van der Waals surface area contributed by atoms with Gasteiger partial charge in [0.1, 0.15) is 6.04 Å². The molecule has 2 N–H and O–H groups in total. The van der Waals surface area contributed by atoms with E-state index < -0.39 is 17.8 Å². The lowest BCUT2D eigenvalue weighted by molar-refractivity contribution is -0.137. The first-order valence-electron chi connectivity index (χ1n) is 11.1. The van der Waals surface area contributed by atoms with E-state index in [2.05, 4.69) is 10.6 Å². The van der Waals surface area contributed by atoms with E-state index in [9.17, 15) is 27.6 Å². The summed E-state index contributed by atoms with van der Waals surface area (Å²) in [4.78, 5) is 40.4. The molecule has 1 aliphatic rings. The fourth-order valence-electron chi connectivity index (χ4n) is 3.85. The second-order valence-electron chi connectivity index (χ2n) is 8.77. The van der Waals surface area contributed by atoms with Crippen LogP contribution in [0.4, 0.5) is 13.2 Å². The molecule has 0 radical (unpaired) electrons. The Balaban J connectivity index is 1.65. The molecule has 34 heavy (non-hydrogen) atoms. The number of rotatable bonds is 7. The maximum absolute atomic E-state index is 12.9. The predicted molar refractivity (Wildman–Crippen MR) is 123 cm³/mol. The summed E-state index contributed by atoms with van der Waals surface area (Å²) in [6.45, 7) is 5.12. The van der Waals surface area contributed by atoms with E-state index in [1.54, 1.807) is 22.4 Å². The second-order valence-corrected chi connectivity index (χ2v) is 9.72. The van der Waals surface area contributed by atoms with E-state index in [4.69, 9.17) is 0 Å². The molecule has 3 rings (SSSR count). The third kappa shape index (κ3) is 6.59. The van der Waals surface area contributed by atoms with Crippen LogP contribution in [0, 0.1) is 11.8 Å². The Kier molecular flexibility index (Phi) is 8.35. The minimum atomic E-state index is -4.46. The summed E-state index contributed by atoms with van der Waals surface area (Å²) in [7, 11) is 0. The number of carbonyl (C=O) groups is 3. The highest BCUT2D eigenvalue weighted by Crippen LogP contribution is 2.29. The molecule has 10 heteroatoms. The SMILES string of the molecule is CC(C)CNC(=O)[C@H](NC(=O)c1cccs1)C1CCN(C(=O)c2ccc(C(F)(F)F)cc2)CC1. The molecule has 0 bridgehead atoms. The summed E-state index contributed by atoms with van der Waals surface area (Å²) >= 11 is 1.29. The fourth-order valence-corrected chi connectivity index (χ4v) is 4.48. The third-order valence-electron chi connectivity index (χ3n) is 5.76. The largest absolute Gasteiger partial charge is 0.416 e. The molecule has 2 aromatic rings. The zero-order valence-corrected chi connectivity index (χ0v) is 19.8. The van der Waals surface area contributed by atoms with Gasteiger partial charge in [0.25, 0.3) is 11.8 Å². The Morgan fingerprint density at radius 3 is 2.26 bits per heavy atom. The topological polar surface area (TPSA) is 78.5 Å². The second kappa shape index (κ2) is 11.0. The molecule has 0 saturated carbocycles. The van der Waals surface area contributed by atoms with Gasteiger partial charge < -0.3 is 15.5 Å². The van der Waals surface area contributed by atoms with E-state index in [1.165, 1.54) is 23.5 Å². The van der Waals surface area contributed by atoms with Crippen LogP contribution in [0.5, 0.6) is 0 Å². The molecule has 1 aromatic heterocycles. The molecule has 1 aliphatic heterocycles. The quantitative estimate of drug-likeness (QED) is 0.605. The maximum atomic E-state index is 12.9. The summed E-state index contributed by atoms with van der Waals surface area (Å²) < 4.78 is 38.3. The van der Waals surface area contributed by atoms with Crippen molar-refractivity contribution in [2.75, 3.05) is 19.6 Å². The van der Waals surface area contributed by atoms with E-state index >= 15 is 0 Å². The lowest BCUT2D eigenvalue weighted by Crippen LogP contribution is -2.54. The Morgan fingerprint density at radius 2 is 1.74 bits per heavy atom. The van der Waals surface area contributed by atoms with Crippen LogP contribution in [-0.4, -0.2) is 48.3 Å². The van der Waals surface area contributed by atoms with Gasteiger partial charge >= 0.3 is 6.18 Å². The van der Waals surface area contributed by atoms with Gasteiger partial charge in [-0.3, -0.25) is 14.4 Å². The number of hydrogen-bond donors (Lipinski definition) is 2. The van der Waals surface area contributed by atoms with Crippen LogP contribution in [0.25, 0.3) is 0 Å². The average molecular weight is 496 g/mol. The Labute approximate surface area is 200 Å². The monoisotopic (exact) mass is 495 g/mol. The number of carbonyl (C=O) groups excluding carboxylic acids is 3. The van der Waals surface area contributed by atoms with Crippen LogP contribution in [-0.2, 0) is 11.0 Å². The molecule has 1 atom stereocenters. The van der Waals surface area contributed by atoms with Crippen LogP contribution >= 0.6 is 11.3 Å². The van der Waals surface area contributed by atoms with Crippen molar-refractivity contribution in [3.8, 4) is 0 Å². The molecule has 6 nitrogen and oxygen atoms in total. The number of benzene rings is 1. The van der Waals surface area contributed by atoms with Crippen LogP contribution in [0.1, 0.15) is 52.3 Å². The number of nitrogens with zero attached hydrogens (tertiary/aromatic N) is 1. The summed E-state index contributed by atoms with van der Waals surface area (Å²) in [5.41, 5.74) is -0.622. The molecular weight excluding hydrogens is 467 g/mol. The Hall–Kier alpha value is -2.88. The third-order valence-corrected chi connectivity index (χ3v) is 6.62. The number of amides is 3. The Morgan fingerprint density at radius 1 is 1.09 bits per heavy atom. The summed E-state index contributed by atoms with van der Waals surface area (Å²) in [6, 6.07) is 6.87. The Bertz CT molecular complexity index is 983. The summed E-state index contributed by atoms with van der Waals surface area (Å²) in [5.74, 6) is -0.849. The van der Waals surface area contributed by atoms with Gasteiger partial charge in [0, 0.05) is 25.2 Å². The first kappa shape index (κ1) is 25.7. The normalized spacial score (nSPS) is 15.8. The maximum Gasteiger partial charge on any atom is 0.416 e. The predicted octanol–water partition coefficient (Wildman–Crippen LogP) is 4.19. The fraction of sp³-hybridized carbons (Fsp3) is 0.458. The van der Waals surface area contributed by atoms with Crippen molar-refractivity contribution in [3.63, 3.8) is 0 Å². The van der Waals surface area contributed by atoms with Gasteiger partial charge in [-0.2, -0.15) is 13.2 Å². The highest BCUT2D eigenvalue weighted by atomic mass is 32.1. The number of halogens is 3. The van der Waals surface area contributed by atoms with Gasteiger partial charge in [-0.05, 0) is 60.4 Å². The number of thiophene rings is 1. The van der Waals surface area contributed by atoms with Crippen LogP contribution in [0.2, 0.25) is 0 Å². The molecular formula is C24H28F3N3O3S. The van der Waals surface area contributed by atoms with Gasteiger partial charge in [-0.15, -0.1) is 11.3 Å². The average Bonchev–Trinajstić information content (AvgIpc) is 3.35. The minimum Gasteiger partial charge on any atom is -0.354 e. The zero-order chi connectivity index (χ0) is 24.9. The van der Waals surface area contributed by atoms with Gasteiger partial charge in [0.15, 0.2) is 0 Å². The van der Waals surface area contributed by atoms with Crippen LogP contribution in [0.15, 0.2) is 41.8 Å². The lowest BCUT2D eigenvalue weighted by atomic mass is 9.88. The molecule has 1 fully saturated rings. The van der Waals surface area contributed by atoms with Crippen molar-refractivity contribution in [2.45, 2.75) is 38.9 Å². The van der Waals surface area contributed by atoms with Crippen molar-refractivity contribution < 1.29 is 27.6 Å². The lowest BCUT2D eigenvalue weighted by Gasteiger charge is -2.36. The number of piperidine rings is 1. The van der Waals surface area contributed by atoms with Crippen molar-refractivity contribution in [1.82, 2.24) is 15.5 Å². The molecule has 3 amide bonds. The molecule has 2 heterocycles.